The van der Waals surface area contributed by atoms with Gasteiger partial charge in [-0.05, 0) is 25.8 Å². The summed E-state index contributed by atoms with van der Waals surface area (Å²) in [4.78, 5) is 11.8. The highest BCUT2D eigenvalue weighted by Gasteiger charge is 2.50. The van der Waals surface area contributed by atoms with Gasteiger partial charge < -0.3 is 21.9 Å². The topological polar surface area (TPSA) is 119 Å². The zero-order chi connectivity index (χ0) is 17.0. The number of anilines is 2. The molecule has 0 saturated heterocycles. The van der Waals surface area contributed by atoms with E-state index < -0.39 is 11.5 Å². The van der Waals surface area contributed by atoms with Crippen molar-refractivity contribution in [3.05, 3.63) is 24.0 Å². The molecular weight excluding hydrogens is 294 g/mol. The highest BCUT2D eigenvalue weighted by atomic mass is 16.3. The van der Waals surface area contributed by atoms with Crippen molar-refractivity contribution in [2.45, 2.75) is 45.3 Å². The molecule has 6 N–H and O–H groups in total. The van der Waals surface area contributed by atoms with Crippen LogP contribution in [-0.4, -0.2) is 32.3 Å². The molecule has 2 aromatic heterocycles. The molecule has 0 aromatic carbocycles. The smallest absolute Gasteiger partial charge is 0.252 e. The third kappa shape index (κ3) is 2.31. The average molecular weight is 317 g/mol. The standard InChI is InChI=1S/C16H23N5O2/c1-15(2)12(4-5-16(15,3)23)20-13-10(14(18)22)7-19-21-8-9(17)6-11(13)21/h6-8,12,20,23H,4-5,17H2,1-3H3,(H2,18,22). The van der Waals surface area contributed by atoms with Crippen LogP contribution in [0.25, 0.3) is 5.52 Å². The van der Waals surface area contributed by atoms with Crippen LogP contribution in [0.2, 0.25) is 0 Å². The van der Waals surface area contributed by atoms with Crippen molar-refractivity contribution in [1.29, 1.82) is 0 Å². The molecule has 23 heavy (non-hydrogen) atoms. The largest absolute Gasteiger partial charge is 0.397 e. The number of aliphatic hydroxyl groups is 1. The maximum atomic E-state index is 11.8. The van der Waals surface area contributed by atoms with Crippen LogP contribution in [0.1, 0.15) is 44.0 Å². The Kier molecular flexibility index (Phi) is 3.30. The van der Waals surface area contributed by atoms with Crippen LogP contribution in [0.5, 0.6) is 0 Å². The van der Waals surface area contributed by atoms with Crippen LogP contribution in [0.3, 0.4) is 0 Å². The predicted octanol–water partition coefficient (Wildman–Crippen LogP) is 1.37. The van der Waals surface area contributed by atoms with Gasteiger partial charge in [-0.2, -0.15) is 5.10 Å². The van der Waals surface area contributed by atoms with E-state index in [2.05, 4.69) is 10.4 Å². The first-order valence-corrected chi connectivity index (χ1v) is 7.69. The lowest BCUT2D eigenvalue weighted by molar-refractivity contribution is -0.0283. The molecule has 7 nitrogen and oxygen atoms in total. The normalized spacial score (nSPS) is 26.5. The predicted molar refractivity (Wildman–Crippen MR) is 89.2 cm³/mol. The number of carbonyl (C=O) groups excluding carboxylic acids is 1. The SMILES string of the molecule is CC1(O)CCC(Nc2c(C(N)=O)cnn3cc(N)cc23)C1(C)C. The lowest BCUT2D eigenvalue weighted by Gasteiger charge is -2.38. The molecule has 1 aliphatic rings. The summed E-state index contributed by atoms with van der Waals surface area (Å²) in [7, 11) is 0. The first-order valence-electron chi connectivity index (χ1n) is 7.69. The summed E-state index contributed by atoms with van der Waals surface area (Å²) in [5, 5.41) is 18.2. The van der Waals surface area contributed by atoms with Gasteiger partial charge in [0.15, 0.2) is 0 Å². The van der Waals surface area contributed by atoms with E-state index >= 15 is 0 Å². The summed E-state index contributed by atoms with van der Waals surface area (Å²) in [5.41, 5.74) is 12.4. The van der Waals surface area contributed by atoms with Crippen LogP contribution in [0, 0.1) is 5.41 Å². The molecule has 0 radical (unpaired) electrons. The van der Waals surface area contributed by atoms with E-state index in [1.54, 1.807) is 16.8 Å². The van der Waals surface area contributed by atoms with Gasteiger partial charge in [-0.3, -0.25) is 4.79 Å². The quantitative estimate of drug-likeness (QED) is 0.681. The van der Waals surface area contributed by atoms with E-state index in [9.17, 15) is 9.90 Å². The van der Waals surface area contributed by atoms with E-state index in [-0.39, 0.29) is 11.5 Å². The number of hydrogen-bond acceptors (Lipinski definition) is 5. The highest BCUT2D eigenvalue weighted by Crippen LogP contribution is 2.47. The number of primary amides is 1. The molecule has 1 amide bonds. The minimum absolute atomic E-state index is 0.00192. The summed E-state index contributed by atoms with van der Waals surface area (Å²) in [5.74, 6) is -0.551. The number of nitrogen functional groups attached to an aromatic ring is 1. The Morgan fingerprint density at radius 1 is 1.48 bits per heavy atom. The third-order valence-corrected chi connectivity index (χ3v) is 5.42. The first-order chi connectivity index (χ1) is 10.6. The molecule has 0 bridgehead atoms. The second-order valence-corrected chi connectivity index (χ2v) is 7.13. The summed E-state index contributed by atoms with van der Waals surface area (Å²) in [6.45, 7) is 5.89. The van der Waals surface area contributed by atoms with E-state index in [0.29, 0.717) is 28.9 Å². The molecular formula is C16H23N5O2. The van der Waals surface area contributed by atoms with Crippen molar-refractivity contribution in [3.63, 3.8) is 0 Å². The van der Waals surface area contributed by atoms with Crippen molar-refractivity contribution in [2.75, 3.05) is 11.1 Å². The molecule has 2 heterocycles. The fraction of sp³-hybridized carbons (Fsp3) is 0.500. The number of aromatic nitrogens is 2. The van der Waals surface area contributed by atoms with Gasteiger partial charge in [0, 0.05) is 11.5 Å². The molecule has 2 unspecified atom stereocenters. The molecule has 2 atom stereocenters. The van der Waals surface area contributed by atoms with Crippen LogP contribution in [-0.2, 0) is 0 Å². The Labute approximate surface area is 134 Å². The minimum atomic E-state index is -0.776. The average Bonchev–Trinajstić information content (AvgIpc) is 2.90. The zero-order valence-electron chi connectivity index (χ0n) is 13.6. The Bertz CT molecular complexity index is 778. The van der Waals surface area contributed by atoms with Crippen molar-refractivity contribution in [2.24, 2.45) is 11.1 Å². The lowest BCUT2D eigenvalue weighted by Crippen LogP contribution is -2.45. The van der Waals surface area contributed by atoms with Gasteiger partial charge in [0.1, 0.15) is 0 Å². The Balaban J connectivity index is 2.09. The van der Waals surface area contributed by atoms with Gasteiger partial charge in [-0.1, -0.05) is 13.8 Å². The molecule has 124 valence electrons. The zero-order valence-corrected chi connectivity index (χ0v) is 13.6. The van der Waals surface area contributed by atoms with Gasteiger partial charge in [-0.25, -0.2) is 4.52 Å². The Morgan fingerprint density at radius 2 is 2.17 bits per heavy atom. The lowest BCUT2D eigenvalue weighted by atomic mass is 9.76. The van der Waals surface area contributed by atoms with Gasteiger partial charge in [0.2, 0.25) is 0 Å². The first kappa shape index (κ1) is 15.6. The molecule has 1 aliphatic carbocycles. The van der Waals surface area contributed by atoms with Crippen molar-refractivity contribution in [3.8, 4) is 0 Å². The Hall–Kier alpha value is -2.28. The monoisotopic (exact) mass is 317 g/mol. The van der Waals surface area contributed by atoms with Crippen LogP contribution in [0.4, 0.5) is 11.4 Å². The number of nitrogens with one attached hydrogen (secondary N) is 1. The second kappa shape index (κ2) is 4.86. The number of amides is 1. The third-order valence-electron chi connectivity index (χ3n) is 5.42. The van der Waals surface area contributed by atoms with Gasteiger partial charge >= 0.3 is 0 Å². The van der Waals surface area contributed by atoms with E-state index in [1.807, 2.05) is 20.8 Å². The van der Waals surface area contributed by atoms with Gasteiger partial charge in [0.25, 0.3) is 5.91 Å². The Morgan fingerprint density at radius 3 is 2.74 bits per heavy atom. The second-order valence-electron chi connectivity index (χ2n) is 7.13. The number of rotatable bonds is 3. The molecule has 3 rings (SSSR count). The highest BCUT2D eigenvalue weighted by molar-refractivity contribution is 6.02. The van der Waals surface area contributed by atoms with E-state index in [1.165, 1.54) is 6.20 Å². The summed E-state index contributed by atoms with van der Waals surface area (Å²) in [6.07, 6.45) is 4.61. The van der Waals surface area contributed by atoms with E-state index in [0.717, 1.165) is 6.42 Å². The van der Waals surface area contributed by atoms with Crippen LogP contribution >= 0.6 is 0 Å². The summed E-state index contributed by atoms with van der Waals surface area (Å²) in [6, 6.07) is 1.75. The molecule has 1 saturated carbocycles. The van der Waals surface area contributed by atoms with Crippen molar-refractivity contribution >= 4 is 22.8 Å². The molecule has 0 aliphatic heterocycles. The molecule has 7 heteroatoms. The molecule has 0 spiro atoms. The number of hydrogen-bond donors (Lipinski definition) is 4. The number of fused-ring (bicyclic) bond motifs is 1. The minimum Gasteiger partial charge on any atom is -0.397 e. The number of nitrogens with zero attached hydrogens (tertiary/aromatic N) is 2. The van der Waals surface area contributed by atoms with Crippen LogP contribution < -0.4 is 16.8 Å². The fourth-order valence-electron chi connectivity index (χ4n) is 3.33. The molecule has 2 aromatic rings. The van der Waals surface area contributed by atoms with Crippen LogP contribution in [0.15, 0.2) is 18.5 Å². The van der Waals surface area contributed by atoms with Crippen molar-refractivity contribution in [1.82, 2.24) is 9.61 Å². The molecule has 1 fully saturated rings. The van der Waals surface area contributed by atoms with Gasteiger partial charge in [-0.15, -0.1) is 0 Å². The maximum absolute atomic E-state index is 11.8. The van der Waals surface area contributed by atoms with Crippen molar-refractivity contribution < 1.29 is 9.90 Å². The summed E-state index contributed by atoms with van der Waals surface area (Å²) >= 11 is 0. The fourth-order valence-corrected chi connectivity index (χ4v) is 3.33. The van der Waals surface area contributed by atoms with E-state index in [4.69, 9.17) is 11.5 Å². The number of nitrogens with two attached hydrogens (primary N) is 2. The summed E-state index contributed by atoms with van der Waals surface area (Å²) < 4.78 is 1.62. The van der Waals surface area contributed by atoms with Gasteiger partial charge in [0.05, 0.1) is 40.4 Å². The maximum Gasteiger partial charge on any atom is 0.252 e. The number of carbonyl (C=O) groups is 1.